The predicted octanol–water partition coefficient (Wildman–Crippen LogP) is 1.12. The van der Waals surface area contributed by atoms with E-state index in [-0.39, 0.29) is 18.6 Å². The Morgan fingerprint density at radius 1 is 1.25 bits per heavy atom. The van der Waals surface area contributed by atoms with E-state index in [1.807, 2.05) is 38.1 Å². The summed E-state index contributed by atoms with van der Waals surface area (Å²) in [5.74, 6) is -4.14. The van der Waals surface area contributed by atoms with Gasteiger partial charge in [-0.15, -0.1) is 0 Å². The Hall–Kier alpha value is -3.00. The molecular weight excluding hydrogens is 362 g/mol. The topological polar surface area (TPSA) is 131 Å². The molecule has 2 aromatic rings. The summed E-state index contributed by atoms with van der Waals surface area (Å²) in [6.07, 6.45) is 0.489. The second kappa shape index (κ2) is 8.79. The van der Waals surface area contributed by atoms with Crippen LogP contribution in [0.1, 0.15) is 30.8 Å². The van der Waals surface area contributed by atoms with Crippen LogP contribution in [0.25, 0.3) is 10.9 Å². The molecule has 1 aromatic carbocycles. The normalized spacial score (nSPS) is 14.5. The minimum Gasteiger partial charge on any atom is -0.480 e. The molecule has 1 heterocycles. The number of para-hydroxylation sites is 1. The maximum atomic E-state index is 12.8. The lowest BCUT2D eigenvalue weighted by atomic mass is 9.88. The highest BCUT2D eigenvalue weighted by Crippen LogP contribution is 2.19. The van der Waals surface area contributed by atoms with Crippen LogP contribution in [-0.2, 0) is 21.4 Å². The van der Waals surface area contributed by atoms with Gasteiger partial charge in [-0.3, -0.25) is 14.4 Å². The van der Waals surface area contributed by atoms with Gasteiger partial charge >= 0.3 is 5.97 Å². The van der Waals surface area contributed by atoms with Crippen LogP contribution >= 0.6 is 0 Å². The largest absolute Gasteiger partial charge is 0.480 e. The van der Waals surface area contributed by atoms with E-state index >= 15 is 0 Å². The lowest BCUT2D eigenvalue weighted by molar-refractivity contribution is -0.144. The van der Waals surface area contributed by atoms with Gasteiger partial charge in [-0.2, -0.15) is 0 Å². The van der Waals surface area contributed by atoms with E-state index in [0.717, 1.165) is 10.9 Å². The Labute approximate surface area is 162 Å². The van der Waals surface area contributed by atoms with Crippen molar-refractivity contribution in [1.29, 1.82) is 0 Å². The molecule has 0 bridgehead atoms. The minimum atomic E-state index is -1.66. The van der Waals surface area contributed by atoms with E-state index in [1.54, 1.807) is 17.7 Å². The van der Waals surface area contributed by atoms with E-state index < -0.39 is 35.7 Å². The van der Waals surface area contributed by atoms with E-state index in [4.69, 9.17) is 10.8 Å². The number of fused-ring (bicyclic) bond motifs is 1. The number of hydrogen-bond donors (Lipinski definition) is 3. The van der Waals surface area contributed by atoms with Gasteiger partial charge in [0.15, 0.2) is 5.78 Å². The molecule has 0 radical (unpaired) electrons. The Bertz CT molecular complexity index is 902. The Balaban J connectivity index is 2.31. The number of nitrogens with one attached hydrogen (secondary N) is 1. The summed E-state index contributed by atoms with van der Waals surface area (Å²) in [6, 6.07) is 6.49. The van der Waals surface area contributed by atoms with Gasteiger partial charge in [-0.05, 0) is 24.5 Å². The molecule has 0 spiro atoms. The van der Waals surface area contributed by atoms with Crippen LogP contribution in [0, 0.1) is 11.8 Å². The molecule has 4 N–H and O–H groups in total. The molecule has 2 rings (SSSR count). The van der Waals surface area contributed by atoms with Crippen molar-refractivity contribution in [3.63, 3.8) is 0 Å². The summed E-state index contributed by atoms with van der Waals surface area (Å²) in [7, 11) is 1.74. The highest BCUT2D eigenvalue weighted by atomic mass is 16.4. The summed E-state index contributed by atoms with van der Waals surface area (Å²) >= 11 is 0. The molecule has 1 aromatic heterocycles. The number of aldehydes is 1. The third-order valence-corrected chi connectivity index (χ3v) is 4.69. The SMILES string of the molecule is CC(C)C[C@H](NC(=O)c1cc2ccccc2n1C)C(=O)[C@H](C=O)C(N)C(=O)O. The van der Waals surface area contributed by atoms with Gasteiger partial charge in [0.25, 0.3) is 5.91 Å². The standard InChI is InChI=1S/C20H25N3O5/c1-11(2)8-14(18(25)13(10-24)17(21)20(27)28)22-19(26)16-9-12-6-4-5-7-15(12)23(16)3/h4-7,9-11,13-14,17H,8,21H2,1-3H3,(H,22,26)(H,27,28)/t13-,14+,17?/m1/s1. The Morgan fingerprint density at radius 2 is 1.89 bits per heavy atom. The molecule has 3 atom stereocenters. The van der Waals surface area contributed by atoms with Crippen LogP contribution in [0.3, 0.4) is 0 Å². The third-order valence-electron chi connectivity index (χ3n) is 4.69. The van der Waals surface area contributed by atoms with Gasteiger partial charge in [0.2, 0.25) is 0 Å². The molecule has 8 nitrogen and oxygen atoms in total. The van der Waals surface area contributed by atoms with Crippen molar-refractivity contribution in [2.45, 2.75) is 32.4 Å². The van der Waals surface area contributed by atoms with Crippen LogP contribution in [0.4, 0.5) is 0 Å². The zero-order valence-electron chi connectivity index (χ0n) is 16.1. The highest BCUT2D eigenvalue weighted by molar-refractivity contribution is 6.05. The number of rotatable bonds is 9. The van der Waals surface area contributed by atoms with Crippen molar-refractivity contribution in [2.24, 2.45) is 24.6 Å². The number of carboxylic acids is 1. The summed E-state index contributed by atoms with van der Waals surface area (Å²) in [4.78, 5) is 48.0. The summed E-state index contributed by atoms with van der Waals surface area (Å²) in [5, 5.41) is 12.6. The van der Waals surface area contributed by atoms with Crippen molar-refractivity contribution in [1.82, 2.24) is 9.88 Å². The van der Waals surface area contributed by atoms with Crippen molar-refractivity contribution >= 4 is 34.8 Å². The number of ketones is 1. The van der Waals surface area contributed by atoms with Gasteiger partial charge in [-0.25, -0.2) is 0 Å². The second-order valence-corrected chi connectivity index (χ2v) is 7.23. The molecule has 0 saturated heterocycles. The molecule has 28 heavy (non-hydrogen) atoms. The molecule has 0 aliphatic heterocycles. The average molecular weight is 387 g/mol. The Kier molecular flexibility index (Phi) is 6.69. The summed E-state index contributed by atoms with van der Waals surface area (Å²) in [5.41, 5.74) is 6.70. The molecule has 150 valence electrons. The van der Waals surface area contributed by atoms with Gasteiger partial charge in [0.1, 0.15) is 23.9 Å². The van der Waals surface area contributed by atoms with Crippen LogP contribution < -0.4 is 11.1 Å². The zero-order valence-corrected chi connectivity index (χ0v) is 16.1. The fraction of sp³-hybridized carbons (Fsp3) is 0.400. The third kappa shape index (κ3) is 4.45. The first-order valence-electron chi connectivity index (χ1n) is 9.00. The van der Waals surface area contributed by atoms with Crippen molar-refractivity contribution in [3.05, 3.63) is 36.0 Å². The first-order valence-corrected chi connectivity index (χ1v) is 9.00. The molecule has 1 unspecified atom stereocenters. The van der Waals surface area contributed by atoms with Crippen LogP contribution in [0.15, 0.2) is 30.3 Å². The number of carbonyl (C=O) groups is 4. The van der Waals surface area contributed by atoms with Crippen LogP contribution in [0.2, 0.25) is 0 Å². The lowest BCUT2D eigenvalue weighted by Gasteiger charge is -2.24. The van der Waals surface area contributed by atoms with Crippen LogP contribution in [-0.4, -0.2) is 45.7 Å². The number of amides is 1. The summed E-state index contributed by atoms with van der Waals surface area (Å²) < 4.78 is 1.71. The number of aryl methyl sites for hydroxylation is 1. The maximum absolute atomic E-state index is 12.8. The first kappa shape index (κ1) is 21.3. The lowest BCUT2D eigenvalue weighted by Crippen LogP contribution is -2.51. The predicted molar refractivity (Wildman–Crippen MR) is 104 cm³/mol. The van der Waals surface area contributed by atoms with E-state index in [2.05, 4.69) is 5.32 Å². The van der Waals surface area contributed by atoms with Crippen molar-refractivity contribution < 1.29 is 24.3 Å². The second-order valence-electron chi connectivity index (χ2n) is 7.23. The maximum Gasteiger partial charge on any atom is 0.321 e. The number of Topliss-reactive ketones (excluding diaryl/α,β-unsaturated/α-hetero) is 1. The Morgan fingerprint density at radius 3 is 2.43 bits per heavy atom. The zero-order chi connectivity index (χ0) is 21.0. The average Bonchev–Trinajstić information content (AvgIpc) is 2.98. The van der Waals surface area contributed by atoms with Crippen molar-refractivity contribution in [2.75, 3.05) is 0 Å². The molecule has 0 aliphatic rings. The summed E-state index contributed by atoms with van der Waals surface area (Å²) in [6.45, 7) is 3.71. The molecular formula is C20H25N3O5. The fourth-order valence-electron chi connectivity index (χ4n) is 3.17. The quantitative estimate of drug-likeness (QED) is 0.436. The van der Waals surface area contributed by atoms with Gasteiger partial charge in [-0.1, -0.05) is 32.0 Å². The fourth-order valence-corrected chi connectivity index (χ4v) is 3.17. The minimum absolute atomic E-state index is 0.0232. The number of carbonyl (C=O) groups excluding carboxylic acids is 3. The number of benzene rings is 1. The molecule has 0 saturated carbocycles. The number of aliphatic carboxylic acids is 1. The highest BCUT2D eigenvalue weighted by Gasteiger charge is 2.36. The number of hydrogen-bond acceptors (Lipinski definition) is 5. The molecule has 1 amide bonds. The molecule has 0 aliphatic carbocycles. The van der Waals surface area contributed by atoms with Gasteiger partial charge < -0.3 is 25.5 Å². The smallest absolute Gasteiger partial charge is 0.321 e. The number of aromatic nitrogens is 1. The van der Waals surface area contributed by atoms with E-state index in [0.29, 0.717) is 5.69 Å². The van der Waals surface area contributed by atoms with Gasteiger partial charge in [0, 0.05) is 18.0 Å². The number of nitrogens with zero attached hydrogens (tertiary/aromatic N) is 1. The van der Waals surface area contributed by atoms with E-state index in [1.165, 1.54) is 0 Å². The number of nitrogens with two attached hydrogens (primary N) is 1. The van der Waals surface area contributed by atoms with Crippen molar-refractivity contribution in [3.8, 4) is 0 Å². The number of carboxylic acid groups (broad SMARTS) is 1. The van der Waals surface area contributed by atoms with E-state index in [9.17, 15) is 19.2 Å². The van der Waals surface area contributed by atoms with Gasteiger partial charge in [0.05, 0.1) is 6.04 Å². The first-order chi connectivity index (χ1) is 13.2. The monoisotopic (exact) mass is 387 g/mol. The molecule has 0 fully saturated rings. The molecule has 8 heteroatoms. The van der Waals surface area contributed by atoms with Crippen LogP contribution in [0.5, 0.6) is 0 Å².